The Hall–Kier alpha value is -1.67. The summed E-state index contributed by atoms with van der Waals surface area (Å²) in [5.41, 5.74) is 0.407. The van der Waals surface area contributed by atoms with Crippen LogP contribution in [-0.2, 0) is 0 Å². The average molecular weight is 219 g/mol. The van der Waals surface area contributed by atoms with E-state index in [0.717, 1.165) is 19.5 Å². The van der Waals surface area contributed by atoms with E-state index in [2.05, 4.69) is 14.9 Å². The maximum absolute atomic E-state index is 8.73. The molecule has 0 unspecified atom stereocenters. The summed E-state index contributed by atoms with van der Waals surface area (Å²) in [6.45, 7) is 1.91. The largest absolute Gasteiger partial charge is 0.344 e. The lowest BCUT2D eigenvalue weighted by molar-refractivity contribution is 0.401. The molecule has 0 fully saturated rings. The van der Waals surface area contributed by atoms with Crippen LogP contribution in [0.1, 0.15) is 12.1 Å². The lowest BCUT2D eigenvalue weighted by Gasteiger charge is -2.18. The molecule has 0 atom stereocenters. The highest BCUT2D eigenvalue weighted by atomic mass is 15.2. The van der Waals surface area contributed by atoms with Crippen molar-refractivity contribution in [2.75, 3.05) is 39.1 Å². The van der Waals surface area contributed by atoms with Gasteiger partial charge in [-0.15, -0.1) is 0 Å². The standard InChI is InChI=1S/C11H17N5/c1-15(2)7-4-8-16(3)11-13-6-5-10(9-12)14-11/h5-6H,4,7-8H2,1-3H3. The highest BCUT2D eigenvalue weighted by molar-refractivity contribution is 5.32. The van der Waals surface area contributed by atoms with Crippen molar-refractivity contribution in [2.24, 2.45) is 0 Å². The summed E-state index contributed by atoms with van der Waals surface area (Å²) >= 11 is 0. The van der Waals surface area contributed by atoms with Crippen LogP contribution in [-0.4, -0.2) is 49.1 Å². The molecule has 1 heterocycles. The Morgan fingerprint density at radius 2 is 2.06 bits per heavy atom. The fourth-order valence-electron chi connectivity index (χ4n) is 1.32. The molecule has 0 N–H and O–H groups in total. The molecule has 0 aliphatic carbocycles. The van der Waals surface area contributed by atoms with Crippen molar-refractivity contribution >= 4 is 5.95 Å². The summed E-state index contributed by atoms with van der Waals surface area (Å²) in [4.78, 5) is 12.4. The zero-order valence-corrected chi connectivity index (χ0v) is 10.0. The van der Waals surface area contributed by atoms with Crippen molar-refractivity contribution in [1.82, 2.24) is 14.9 Å². The second-order valence-corrected chi connectivity index (χ2v) is 3.93. The zero-order chi connectivity index (χ0) is 12.0. The quantitative estimate of drug-likeness (QED) is 0.731. The van der Waals surface area contributed by atoms with Gasteiger partial charge < -0.3 is 9.80 Å². The van der Waals surface area contributed by atoms with Gasteiger partial charge in [-0.1, -0.05) is 0 Å². The Bertz CT molecular complexity index is 369. The molecule has 0 aliphatic rings. The predicted octanol–water partition coefficient (Wildman–Crippen LogP) is 0.736. The Kier molecular flexibility index (Phi) is 4.67. The number of nitriles is 1. The molecular formula is C11H17N5. The third-order valence-electron chi connectivity index (χ3n) is 2.20. The minimum Gasteiger partial charge on any atom is -0.344 e. The Morgan fingerprint density at radius 1 is 1.31 bits per heavy atom. The maximum atomic E-state index is 8.73. The molecule has 1 rings (SSSR count). The van der Waals surface area contributed by atoms with Gasteiger partial charge in [0, 0.05) is 19.8 Å². The molecule has 0 saturated carbocycles. The second-order valence-electron chi connectivity index (χ2n) is 3.93. The van der Waals surface area contributed by atoms with E-state index in [-0.39, 0.29) is 0 Å². The summed E-state index contributed by atoms with van der Waals surface area (Å²) in [5, 5.41) is 8.73. The van der Waals surface area contributed by atoms with E-state index in [0.29, 0.717) is 11.6 Å². The third-order valence-corrected chi connectivity index (χ3v) is 2.20. The van der Waals surface area contributed by atoms with Crippen molar-refractivity contribution < 1.29 is 0 Å². The first-order chi connectivity index (χ1) is 7.63. The van der Waals surface area contributed by atoms with Gasteiger partial charge in [0.05, 0.1) is 0 Å². The van der Waals surface area contributed by atoms with E-state index >= 15 is 0 Å². The van der Waals surface area contributed by atoms with Crippen LogP contribution in [0.2, 0.25) is 0 Å². The van der Waals surface area contributed by atoms with Crippen molar-refractivity contribution in [2.45, 2.75) is 6.42 Å². The molecule has 0 bridgehead atoms. The molecule has 5 heteroatoms. The Balaban J connectivity index is 2.52. The average Bonchev–Trinajstić information content (AvgIpc) is 2.28. The number of anilines is 1. The minimum absolute atomic E-state index is 0.407. The number of nitrogens with zero attached hydrogens (tertiary/aromatic N) is 5. The van der Waals surface area contributed by atoms with Crippen LogP contribution in [0.3, 0.4) is 0 Å². The van der Waals surface area contributed by atoms with Crippen LogP contribution in [0, 0.1) is 11.3 Å². The molecule has 1 aromatic heterocycles. The molecule has 0 saturated heterocycles. The van der Waals surface area contributed by atoms with Gasteiger partial charge in [-0.25, -0.2) is 9.97 Å². The van der Waals surface area contributed by atoms with Gasteiger partial charge in [0.1, 0.15) is 11.8 Å². The molecule has 1 aromatic rings. The summed E-state index contributed by atoms with van der Waals surface area (Å²) in [6.07, 6.45) is 2.66. The van der Waals surface area contributed by atoms with Crippen LogP contribution >= 0.6 is 0 Å². The van der Waals surface area contributed by atoms with E-state index in [4.69, 9.17) is 5.26 Å². The third kappa shape index (κ3) is 3.83. The van der Waals surface area contributed by atoms with Crippen molar-refractivity contribution in [3.8, 4) is 6.07 Å². The summed E-state index contributed by atoms with van der Waals surface area (Å²) in [7, 11) is 6.03. The molecule has 0 radical (unpaired) electrons. The van der Waals surface area contributed by atoms with Crippen molar-refractivity contribution in [1.29, 1.82) is 5.26 Å². The first kappa shape index (κ1) is 12.4. The highest BCUT2D eigenvalue weighted by Crippen LogP contribution is 2.05. The molecule has 0 aliphatic heterocycles. The minimum atomic E-state index is 0.407. The molecule has 0 spiro atoms. The number of hydrogen-bond donors (Lipinski definition) is 0. The van der Waals surface area contributed by atoms with E-state index in [1.54, 1.807) is 12.3 Å². The predicted molar refractivity (Wildman–Crippen MR) is 63.2 cm³/mol. The maximum Gasteiger partial charge on any atom is 0.226 e. The van der Waals surface area contributed by atoms with Crippen LogP contribution in [0.15, 0.2) is 12.3 Å². The molecule has 16 heavy (non-hydrogen) atoms. The first-order valence-corrected chi connectivity index (χ1v) is 5.22. The fourth-order valence-corrected chi connectivity index (χ4v) is 1.32. The Labute approximate surface area is 96.3 Å². The zero-order valence-electron chi connectivity index (χ0n) is 10.0. The summed E-state index contributed by atoms with van der Waals surface area (Å²) in [5.74, 6) is 0.609. The van der Waals surface area contributed by atoms with Gasteiger partial charge in [0.2, 0.25) is 5.95 Å². The first-order valence-electron chi connectivity index (χ1n) is 5.22. The van der Waals surface area contributed by atoms with E-state index in [1.807, 2.05) is 32.1 Å². The normalized spacial score (nSPS) is 10.2. The number of hydrogen-bond acceptors (Lipinski definition) is 5. The molecule has 0 amide bonds. The topological polar surface area (TPSA) is 56.0 Å². The van der Waals surface area contributed by atoms with Crippen LogP contribution in [0.5, 0.6) is 0 Å². The van der Waals surface area contributed by atoms with E-state index in [1.165, 1.54) is 0 Å². The monoisotopic (exact) mass is 219 g/mol. The van der Waals surface area contributed by atoms with Gasteiger partial charge >= 0.3 is 0 Å². The van der Waals surface area contributed by atoms with Crippen molar-refractivity contribution in [3.05, 3.63) is 18.0 Å². The molecule has 0 aromatic carbocycles. The number of rotatable bonds is 5. The summed E-state index contributed by atoms with van der Waals surface area (Å²) in [6, 6.07) is 3.62. The van der Waals surface area contributed by atoms with Gasteiger partial charge in [0.15, 0.2) is 0 Å². The second kappa shape index (κ2) is 6.03. The fraction of sp³-hybridized carbons (Fsp3) is 0.545. The number of aromatic nitrogens is 2. The van der Waals surface area contributed by atoms with Crippen LogP contribution in [0.4, 0.5) is 5.95 Å². The smallest absolute Gasteiger partial charge is 0.226 e. The van der Waals surface area contributed by atoms with Crippen molar-refractivity contribution in [3.63, 3.8) is 0 Å². The van der Waals surface area contributed by atoms with Gasteiger partial charge in [-0.05, 0) is 33.1 Å². The summed E-state index contributed by atoms with van der Waals surface area (Å²) < 4.78 is 0. The Morgan fingerprint density at radius 3 is 2.69 bits per heavy atom. The van der Waals surface area contributed by atoms with Gasteiger partial charge in [-0.3, -0.25) is 0 Å². The van der Waals surface area contributed by atoms with E-state index < -0.39 is 0 Å². The molecule has 86 valence electrons. The molecule has 5 nitrogen and oxygen atoms in total. The van der Waals surface area contributed by atoms with Crippen LogP contribution < -0.4 is 4.90 Å². The SMILES string of the molecule is CN(C)CCCN(C)c1nccc(C#N)n1. The van der Waals surface area contributed by atoms with Gasteiger partial charge in [0.25, 0.3) is 0 Å². The lowest BCUT2D eigenvalue weighted by atomic mass is 10.4. The van der Waals surface area contributed by atoms with E-state index in [9.17, 15) is 0 Å². The molecular weight excluding hydrogens is 202 g/mol. The van der Waals surface area contributed by atoms with Gasteiger partial charge in [-0.2, -0.15) is 5.26 Å². The van der Waals surface area contributed by atoms with Crippen LogP contribution in [0.25, 0.3) is 0 Å². The highest BCUT2D eigenvalue weighted by Gasteiger charge is 2.04. The lowest BCUT2D eigenvalue weighted by Crippen LogP contribution is -2.24.